The summed E-state index contributed by atoms with van der Waals surface area (Å²) in [6, 6.07) is 18.2. The summed E-state index contributed by atoms with van der Waals surface area (Å²) >= 11 is 1.64. The van der Waals surface area contributed by atoms with Crippen LogP contribution in [0.4, 0.5) is 24.7 Å². The number of rotatable bonds is 9. The fourth-order valence-electron chi connectivity index (χ4n) is 5.10. The monoisotopic (exact) mass is 615 g/mol. The normalized spacial score (nSPS) is 17.3. The van der Waals surface area contributed by atoms with Crippen LogP contribution in [0.15, 0.2) is 66.9 Å². The summed E-state index contributed by atoms with van der Waals surface area (Å²) in [5, 5.41) is 10.9. The molecule has 0 saturated carbocycles. The van der Waals surface area contributed by atoms with Crippen LogP contribution >= 0.6 is 11.3 Å². The Labute approximate surface area is 249 Å². The number of nitrogens with zero attached hydrogens (tertiary/aromatic N) is 5. The molecule has 0 aliphatic carbocycles. The third kappa shape index (κ3) is 7.20. The first-order valence-corrected chi connectivity index (χ1v) is 14.5. The van der Waals surface area contributed by atoms with Gasteiger partial charge in [-0.2, -0.15) is 0 Å². The van der Waals surface area contributed by atoms with E-state index in [9.17, 15) is 23.3 Å². The van der Waals surface area contributed by atoms with Gasteiger partial charge in [0.1, 0.15) is 30.4 Å². The topological polar surface area (TPSA) is 95.1 Å². The molecule has 1 fully saturated rings. The van der Waals surface area contributed by atoms with Crippen LogP contribution in [-0.2, 0) is 13.1 Å². The molecule has 0 N–H and O–H groups in total. The third-order valence-corrected chi connectivity index (χ3v) is 8.42. The third-order valence-electron chi connectivity index (χ3n) is 7.30. The highest BCUT2D eigenvalue weighted by molar-refractivity contribution is 7.15. The molecule has 1 unspecified atom stereocenters. The number of hydrogen-bond acceptors (Lipinski definition) is 9. The lowest BCUT2D eigenvalue weighted by atomic mass is 10.2. The predicted molar refractivity (Wildman–Crippen MR) is 154 cm³/mol. The second-order valence-electron chi connectivity index (χ2n) is 10.3. The molecular weight excluding hydrogens is 587 g/mol. The van der Waals surface area contributed by atoms with Crippen LogP contribution in [0, 0.1) is 10.1 Å². The first kappa shape index (κ1) is 28.8. The van der Waals surface area contributed by atoms with Crippen LogP contribution in [0.3, 0.4) is 0 Å². The van der Waals surface area contributed by atoms with E-state index in [1.54, 1.807) is 28.0 Å². The number of ether oxygens (including phenoxy) is 3. The maximum atomic E-state index is 12.4. The predicted octanol–water partition coefficient (Wildman–Crippen LogP) is 5.97. The summed E-state index contributed by atoms with van der Waals surface area (Å²) < 4.78 is 54.5. The molecule has 1 saturated heterocycles. The number of aryl methyl sites for hydroxylation is 1. The molecule has 43 heavy (non-hydrogen) atoms. The SMILES string of the molecule is O=[N+]([O-])c1cn2c(n1)OC(COc1ccc(N3CCN(Cc4ccc(-c5ccc(OC(F)(F)F)cc5)s4)CC3)cc1)CC2. The molecule has 0 amide bonds. The van der Waals surface area contributed by atoms with Crippen molar-refractivity contribution in [2.75, 3.05) is 37.7 Å². The summed E-state index contributed by atoms with van der Waals surface area (Å²) in [5.74, 6) is 0.272. The number of alkyl halides is 3. The van der Waals surface area contributed by atoms with Crippen LogP contribution in [0.1, 0.15) is 11.3 Å². The first-order valence-electron chi connectivity index (χ1n) is 13.7. The van der Waals surface area contributed by atoms with Gasteiger partial charge in [0.15, 0.2) is 0 Å². The van der Waals surface area contributed by atoms with Gasteiger partial charge in [0.25, 0.3) is 0 Å². The lowest BCUT2D eigenvalue weighted by molar-refractivity contribution is -0.389. The molecule has 2 aromatic carbocycles. The molecule has 6 rings (SSSR count). The summed E-state index contributed by atoms with van der Waals surface area (Å²) in [4.78, 5) is 21.3. The number of piperazine rings is 1. The van der Waals surface area contributed by atoms with E-state index in [2.05, 4.69) is 25.6 Å². The summed E-state index contributed by atoms with van der Waals surface area (Å²) in [6.45, 7) is 5.30. The van der Waals surface area contributed by atoms with E-state index in [1.807, 2.05) is 30.3 Å². The van der Waals surface area contributed by atoms with E-state index < -0.39 is 11.3 Å². The number of anilines is 1. The molecule has 10 nitrogen and oxygen atoms in total. The van der Waals surface area contributed by atoms with E-state index in [1.165, 1.54) is 23.2 Å². The van der Waals surface area contributed by atoms with E-state index in [0.717, 1.165) is 54.6 Å². The Kier molecular flexibility index (Phi) is 8.13. The fourth-order valence-corrected chi connectivity index (χ4v) is 6.16. The van der Waals surface area contributed by atoms with Crippen molar-refractivity contribution in [3.63, 3.8) is 0 Å². The van der Waals surface area contributed by atoms with Gasteiger partial charge in [0, 0.05) is 66.1 Å². The van der Waals surface area contributed by atoms with E-state index >= 15 is 0 Å². The summed E-state index contributed by atoms with van der Waals surface area (Å²) in [7, 11) is 0. The molecule has 0 bridgehead atoms. The molecule has 0 spiro atoms. The summed E-state index contributed by atoms with van der Waals surface area (Å²) in [6.07, 6.45) is -2.88. The zero-order valence-corrected chi connectivity index (χ0v) is 23.7. The number of imidazole rings is 1. The van der Waals surface area contributed by atoms with Gasteiger partial charge >= 0.3 is 18.2 Å². The first-order chi connectivity index (χ1) is 20.7. The highest BCUT2D eigenvalue weighted by atomic mass is 32.1. The number of thiophene rings is 1. The Morgan fingerprint density at radius 3 is 2.40 bits per heavy atom. The second-order valence-corrected chi connectivity index (χ2v) is 11.4. The van der Waals surface area contributed by atoms with E-state index in [-0.39, 0.29) is 23.7 Å². The Morgan fingerprint density at radius 1 is 0.977 bits per heavy atom. The van der Waals surface area contributed by atoms with Crippen LogP contribution < -0.4 is 19.1 Å². The molecule has 2 aliphatic heterocycles. The minimum absolute atomic E-state index is 0.223. The molecule has 2 aliphatic rings. The Bertz CT molecular complexity index is 1550. The average Bonchev–Trinajstić information content (AvgIpc) is 3.64. The van der Waals surface area contributed by atoms with Crippen molar-refractivity contribution in [3.8, 4) is 28.0 Å². The molecule has 4 aromatic rings. The second kappa shape index (κ2) is 12.1. The zero-order valence-electron chi connectivity index (χ0n) is 22.9. The van der Waals surface area contributed by atoms with Gasteiger partial charge < -0.3 is 29.2 Å². The molecule has 226 valence electrons. The lowest BCUT2D eigenvalue weighted by Crippen LogP contribution is -2.45. The summed E-state index contributed by atoms with van der Waals surface area (Å²) in [5.41, 5.74) is 1.97. The zero-order chi connectivity index (χ0) is 30.0. The number of fused-ring (bicyclic) bond motifs is 1. The standard InChI is InChI=1S/C29H28F3N5O5S/c30-29(31,32)42-23-5-1-20(2-6-23)26-10-9-25(43-26)17-34-13-15-35(16-14-34)21-3-7-22(8-4-21)40-19-24-11-12-36-18-27(37(38)39)33-28(36)41-24/h1-10,18,24H,11-17,19H2. The van der Waals surface area contributed by atoms with Gasteiger partial charge in [-0.1, -0.05) is 0 Å². The minimum Gasteiger partial charge on any atom is -0.490 e. The average molecular weight is 616 g/mol. The van der Waals surface area contributed by atoms with Gasteiger partial charge in [0.05, 0.1) is 0 Å². The van der Waals surface area contributed by atoms with E-state index in [4.69, 9.17) is 9.47 Å². The van der Waals surface area contributed by atoms with Crippen LogP contribution in [0.5, 0.6) is 17.5 Å². The molecule has 2 aromatic heterocycles. The molecule has 4 heterocycles. The highest BCUT2D eigenvalue weighted by Crippen LogP contribution is 2.32. The molecule has 0 radical (unpaired) electrons. The van der Waals surface area contributed by atoms with Gasteiger partial charge in [-0.3, -0.25) is 9.47 Å². The number of hydrogen-bond donors (Lipinski definition) is 0. The van der Waals surface area contributed by atoms with Gasteiger partial charge in [-0.05, 0) is 71.2 Å². The van der Waals surface area contributed by atoms with Crippen molar-refractivity contribution in [2.24, 2.45) is 0 Å². The molecule has 1 atom stereocenters. The Morgan fingerprint density at radius 2 is 1.70 bits per heavy atom. The van der Waals surface area contributed by atoms with Crippen LogP contribution in [0.2, 0.25) is 0 Å². The minimum atomic E-state index is -4.70. The maximum Gasteiger partial charge on any atom is 0.573 e. The lowest BCUT2D eigenvalue weighted by Gasteiger charge is -2.36. The molecular formula is C29H28F3N5O5S. The van der Waals surface area contributed by atoms with Crippen LogP contribution in [0.25, 0.3) is 10.4 Å². The number of halogens is 3. The number of aromatic nitrogens is 2. The fraction of sp³-hybridized carbons (Fsp3) is 0.345. The van der Waals surface area contributed by atoms with Gasteiger partial charge in [-0.25, -0.2) is 0 Å². The van der Waals surface area contributed by atoms with Crippen molar-refractivity contribution in [2.45, 2.75) is 32.0 Å². The van der Waals surface area contributed by atoms with Crippen molar-refractivity contribution in [1.29, 1.82) is 0 Å². The van der Waals surface area contributed by atoms with Crippen molar-refractivity contribution in [1.82, 2.24) is 14.5 Å². The Hall–Kier alpha value is -4.30. The van der Waals surface area contributed by atoms with Crippen molar-refractivity contribution >= 4 is 22.8 Å². The van der Waals surface area contributed by atoms with Gasteiger partial charge in [0.2, 0.25) is 0 Å². The number of nitro groups is 1. The number of benzene rings is 2. The Balaban J connectivity index is 0.950. The highest BCUT2D eigenvalue weighted by Gasteiger charge is 2.31. The van der Waals surface area contributed by atoms with Crippen molar-refractivity contribution < 1.29 is 32.3 Å². The van der Waals surface area contributed by atoms with E-state index in [0.29, 0.717) is 19.6 Å². The molecule has 14 heteroatoms. The van der Waals surface area contributed by atoms with Crippen molar-refractivity contribution in [3.05, 3.63) is 81.9 Å². The smallest absolute Gasteiger partial charge is 0.490 e. The maximum absolute atomic E-state index is 12.4. The van der Waals surface area contributed by atoms with Crippen LogP contribution in [-0.4, -0.2) is 64.6 Å². The van der Waals surface area contributed by atoms with Gasteiger partial charge in [-0.15, -0.1) is 24.5 Å². The largest absolute Gasteiger partial charge is 0.573 e. The quantitative estimate of drug-likeness (QED) is 0.168.